The van der Waals surface area contributed by atoms with E-state index < -0.39 is 17.8 Å². The number of aliphatic hydroxyl groups is 1. The van der Waals surface area contributed by atoms with Crippen LogP contribution in [0, 0.1) is 11.7 Å². The van der Waals surface area contributed by atoms with Crippen molar-refractivity contribution in [3.63, 3.8) is 0 Å². The number of furan rings is 1. The van der Waals surface area contributed by atoms with Crippen LogP contribution in [0.4, 0.5) is 4.39 Å². The van der Waals surface area contributed by atoms with Gasteiger partial charge in [-0.15, -0.1) is 0 Å². The molecule has 3 rings (SSSR count). The summed E-state index contributed by atoms with van der Waals surface area (Å²) >= 11 is 0. The molecule has 1 aliphatic heterocycles. The zero-order valence-electron chi connectivity index (χ0n) is 13.5. The first kappa shape index (κ1) is 17.2. The standard InChI is InChI=1S/C18H19FN2O4/c19-15-6-2-1-5-14(15)16(22)9-20-18(24)12-8-17(23)21(10-12)11-13-4-3-7-25-13/h1-7,12,16,22H,8-11H2,(H,20,24). The van der Waals surface area contributed by atoms with Crippen LogP contribution in [0.2, 0.25) is 0 Å². The number of likely N-dealkylation sites (tertiary alicyclic amines) is 1. The minimum Gasteiger partial charge on any atom is -0.467 e. The van der Waals surface area contributed by atoms with Gasteiger partial charge in [0.25, 0.3) is 0 Å². The normalized spacial score (nSPS) is 18.4. The number of benzene rings is 1. The van der Waals surface area contributed by atoms with Gasteiger partial charge >= 0.3 is 0 Å². The van der Waals surface area contributed by atoms with Crippen LogP contribution in [0.25, 0.3) is 0 Å². The Labute approximate surface area is 144 Å². The van der Waals surface area contributed by atoms with E-state index in [1.165, 1.54) is 24.5 Å². The van der Waals surface area contributed by atoms with Gasteiger partial charge < -0.3 is 19.7 Å². The highest BCUT2D eigenvalue weighted by atomic mass is 19.1. The maximum atomic E-state index is 13.6. The van der Waals surface area contributed by atoms with E-state index in [0.717, 1.165) is 0 Å². The summed E-state index contributed by atoms with van der Waals surface area (Å²) in [5.41, 5.74) is 0.129. The summed E-state index contributed by atoms with van der Waals surface area (Å²) in [7, 11) is 0. The van der Waals surface area contributed by atoms with Crippen molar-refractivity contribution in [1.82, 2.24) is 10.2 Å². The molecule has 1 saturated heterocycles. The van der Waals surface area contributed by atoms with Gasteiger partial charge in [0, 0.05) is 25.1 Å². The van der Waals surface area contributed by atoms with E-state index in [-0.39, 0.29) is 30.3 Å². The van der Waals surface area contributed by atoms with Crippen molar-refractivity contribution in [3.8, 4) is 0 Å². The predicted octanol–water partition coefficient (Wildman–Crippen LogP) is 1.62. The minimum absolute atomic E-state index is 0.108. The molecule has 132 valence electrons. The summed E-state index contributed by atoms with van der Waals surface area (Å²) in [6.07, 6.45) is 0.508. The Hall–Kier alpha value is -2.67. The molecule has 0 saturated carbocycles. The highest BCUT2D eigenvalue weighted by Crippen LogP contribution is 2.21. The van der Waals surface area contributed by atoms with Crippen molar-refractivity contribution < 1.29 is 23.5 Å². The van der Waals surface area contributed by atoms with Crippen molar-refractivity contribution in [3.05, 3.63) is 59.8 Å². The Kier molecular flexibility index (Phi) is 5.14. The molecule has 1 aromatic heterocycles. The Morgan fingerprint density at radius 3 is 2.88 bits per heavy atom. The van der Waals surface area contributed by atoms with Crippen LogP contribution in [-0.2, 0) is 16.1 Å². The lowest BCUT2D eigenvalue weighted by Gasteiger charge is -2.16. The van der Waals surface area contributed by atoms with Crippen LogP contribution >= 0.6 is 0 Å². The van der Waals surface area contributed by atoms with E-state index in [2.05, 4.69) is 5.32 Å². The van der Waals surface area contributed by atoms with Crippen LogP contribution in [0.1, 0.15) is 23.8 Å². The largest absolute Gasteiger partial charge is 0.467 e. The van der Waals surface area contributed by atoms with Crippen molar-refractivity contribution in [2.45, 2.75) is 19.1 Å². The average molecular weight is 346 g/mol. The quantitative estimate of drug-likeness (QED) is 0.833. The molecule has 0 radical (unpaired) electrons. The molecular formula is C18H19FN2O4. The van der Waals surface area contributed by atoms with E-state index in [1.807, 2.05) is 0 Å². The Morgan fingerprint density at radius 1 is 1.36 bits per heavy atom. The number of hydrogen-bond acceptors (Lipinski definition) is 4. The van der Waals surface area contributed by atoms with Gasteiger partial charge in [0.15, 0.2) is 0 Å². The minimum atomic E-state index is -1.14. The molecule has 2 N–H and O–H groups in total. The van der Waals surface area contributed by atoms with E-state index in [9.17, 15) is 19.1 Å². The van der Waals surface area contributed by atoms with Crippen LogP contribution in [0.5, 0.6) is 0 Å². The third kappa shape index (κ3) is 4.06. The molecule has 2 atom stereocenters. The number of amides is 2. The second kappa shape index (κ2) is 7.48. The van der Waals surface area contributed by atoms with Gasteiger partial charge in [0.05, 0.1) is 24.8 Å². The molecule has 2 unspecified atom stereocenters. The molecule has 0 spiro atoms. The predicted molar refractivity (Wildman–Crippen MR) is 86.6 cm³/mol. The van der Waals surface area contributed by atoms with Crippen molar-refractivity contribution in [1.29, 1.82) is 0 Å². The number of carbonyl (C=O) groups is 2. The summed E-state index contributed by atoms with van der Waals surface area (Å²) in [5, 5.41) is 12.6. The first-order valence-corrected chi connectivity index (χ1v) is 8.05. The number of rotatable bonds is 6. The number of nitrogens with one attached hydrogen (secondary N) is 1. The van der Waals surface area contributed by atoms with Gasteiger partial charge in [-0.2, -0.15) is 0 Å². The van der Waals surface area contributed by atoms with Gasteiger partial charge in [0.1, 0.15) is 11.6 Å². The highest BCUT2D eigenvalue weighted by molar-refractivity contribution is 5.89. The monoisotopic (exact) mass is 346 g/mol. The van der Waals surface area contributed by atoms with Crippen molar-refractivity contribution in [2.24, 2.45) is 5.92 Å². The van der Waals surface area contributed by atoms with E-state index in [1.54, 1.807) is 23.1 Å². The highest BCUT2D eigenvalue weighted by Gasteiger charge is 2.34. The zero-order chi connectivity index (χ0) is 17.8. The number of aliphatic hydroxyl groups excluding tert-OH is 1. The Morgan fingerprint density at radius 2 is 2.16 bits per heavy atom. The molecular weight excluding hydrogens is 327 g/mol. The molecule has 25 heavy (non-hydrogen) atoms. The zero-order valence-corrected chi connectivity index (χ0v) is 13.5. The number of nitrogens with zero attached hydrogens (tertiary/aromatic N) is 1. The molecule has 0 aliphatic carbocycles. The van der Waals surface area contributed by atoms with Gasteiger partial charge in [0.2, 0.25) is 11.8 Å². The lowest BCUT2D eigenvalue weighted by atomic mass is 10.1. The number of hydrogen-bond donors (Lipinski definition) is 2. The Balaban J connectivity index is 1.52. The summed E-state index contributed by atoms with van der Waals surface area (Å²) < 4.78 is 18.8. The fourth-order valence-electron chi connectivity index (χ4n) is 2.89. The molecule has 0 bridgehead atoms. The molecule has 2 amide bonds. The molecule has 1 aliphatic rings. The molecule has 2 aromatic rings. The van der Waals surface area contributed by atoms with Crippen molar-refractivity contribution >= 4 is 11.8 Å². The lowest BCUT2D eigenvalue weighted by molar-refractivity contribution is -0.129. The summed E-state index contributed by atoms with van der Waals surface area (Å²) in [5.74, 6) is -0.804. The maximum absolute atomic E-state index is 13.6. The second-order valence-electron chi connectivity index (χ2n) is 6.04. The average Bonchev–Trinajstić information content (AvgIpc) is 3.23. The van der Waals surface area contributed by atoms with Crippen LogP contribution in [0.3, 0.4) is 0 Å². The van der Waals surface area contributed by atoms with Crippen LogP contribution in [-0.4, -0.2) is 34.9 Å². The van der Waals surface area contributed by atoms with E-state index in [4.69, 9.17) is 4.42 Å². The SMILES string of the molecule is O=C(NCC(O)c1ccccc1F)C1CC(=O)N(Cc2ccco2)C1. The lowest BCUT2D eigenvalue weighted by Crippen LogP contribution is -2.35. The van der Waals surface area contributed by atoms with Crippen molar-refractivity contribution in [2.75, 3.05) is 13.1 Å². The third-order valence-corrected chi connectivity index (χ3v) is 4.25. The van der Waals surface area contributed by atoms with Gasteiger partial charge in [-0.3, -0.25) is 9.59 Å². The fraction of sp³-hybridized carbons (Fsp3) is 0.333. The first-order chi connectivity index (χ1) is 12.0. The van der Waals surface area contributed by atoms with Crippen LogP contribution < -0.4 is 5.32 Å². The summed E-state index contributed by atoms with van der Waals surface area (Å²) in [6.45, 7) is 0.511. The third-order valence-electron chi connectivity index (χ3n) is 4.25. The van der Waals surface area contributed by atoms with E-state index >= 15 is 0 Å². The van der Waals surface area contributed by atoms with Crippen LogP contribution in [0.15, 0.2) is 47.1 Å². The smallest absolute Gasteiger partial charge is 0.225 e. The summed E-state index contributed by atoms with van der Waals surface area (Å²) in [6, 6.07) is 9.38. The molecule has 7 heteroatoms. The number of halogens is 1. The van der Waals surface area contributed by atoms with Gasteiger partial charge in [-0.25, -0.2) is 4.39 Å². The number of carbonyl (C=O) groups excluding carboxylic acids is 2. The second-order valence-corrected chi connectivity index (χ2v) is 6.04. The van der Waals surface area contributed by atoms with Gasteiger partial charge in [-0.1, -0.05) is 18.2 Å². The Bertz CT molecular complexity index is 747. The maximum Gasteiger partial charge on any atom is 0.225 e. The fourth-order valence-corrected chi connectivity index (χ4v) is 2.89. The molecule has 2 heterocycles. The topological polar surface area (TPSA) is 82.8 Å². The van der Waals surface area contributed by atoms with E-state index in [0.29, 0.717) is 18.8 Å². The molecule has 1 fully saturated rings. The van der Waals surface area contributed by atoms with Gasteiger partial charge in [-0.05, 0) is 18.2 Å². The first-order valence-electron chi connectivity index (χ1n) is 8.05. The molecule has 6 nitrogen and oxygen atoms in total. The molecule has 1 aromatic carbocycles. The summed E-state index contributed by atoms with van der Waals surface area (Å²) in [4.78, 5) is 25.8.